The summed E-state index contributed by atoms with van der Waals surface area (Å²) in [4.78, 5) is 16.8. The van der Waals surface area contributed by atoms with Crippen molar-refractivity contribution in [2.24, 2.45) is 5.92 Å². The minimum absolute atomic E-state index is 0.168. The molecule has 1 aromatic carbocycles. The quantitative estimate of drug-likeness (QED) is 0.652. The van der Waals surface area contributed by atoms with Crippen LogP contribution in [0.2, 0.25) is 0 Å². The van der Waals surface area contributed by atoms with Crippen LogP contribution >= 0.6 is 11.3 Å². The Hall–Kier alpha value is -2.07. The zero-order valence-electron chi connectivity index (χ0n) is 16.4. The van der Waals surface area contributed by atoms with Gasteiger partial charge in [-0.1, -0.05) is 49.6 Å². The van der Waals surface area contributed by atoms with E-state index in [2.05, 4.69) is 47.1 Å². The fourth-order valence-corrected chi connectivity index (χ4v) is 6.23. The minimum Gasteiger partial charge on any atom is -0.376 e. The van der Waals surface area contributed by atoms with Crippen LogP contribution < -0.4 is 5.32 Å². The number of amides is 1. The van der Waals surface area contributed by atoms with Crippen molar-refractivity contribution < 1.29 is 4.79 Å². The highest BCUT2D eigenvalue weighted by Gasteiger charge is 2.40. The molecule has 2 aromatic rings. The zero-order valence-corrected chi connectivity index (χ0v) is 17.3. The standard InChI is InChI=1S/C24H28N2OS/c1-26(16-8-3-2-4-9-16)24(27)20-13-6-11-18-17-10-5-12-19(17)23(25-22(18)20)21-14-7-15-28-21/h5-7,10-11,13-17,19,23,25H,2-4,8-9,12H2,1H3. The van der Waals surface area contributed by atoms with Crippen LogP contribution in [0.15, 0.2) is 47.9 Å². The molecule has 5 rings (SSSR count). The lowest BCUT2D eigenvalue weighted by molar-refractivity contribution is 0.0697. The van der Waals surface area contributed by atoms with E-state index in [-0.39, 0.29) is 11.9 Å². The summed E-state index contributed by atoms with van der Waals surface area (Å²) in [5.74, 6) is 1.10. The van der Waals surface area contributed by atoms with Crippen molar-refractivity contribution in [2.75, 3.05) is 12.4 Å². The first-order valence-electron chi connectivity index (χ1n) is 10.6. The Balaban J connectivity index is 1.51. The lowest BCUT2D eigenvalue weighted by atomic mass is 9.78. The van der Waals surface area contributed by atoms with Crippen LogP contribution in [-0.2, 0) is 0 Å². The maximum atomic E-state index is 13.5. The van der Waals surface area contributed by atoms with Gasteiger partial charge < -0.3 is 10.2 Å². The number of benzene rings is 1. The van der Waals surface area contributed by atoms with Crippen LogP contribution in [0.4, 0.5) is 5.69 Å². The molecule has 0 bridgehead atoms. The topological polar surface area (TPSA) is 32.3 Å². The van der Waals surface area contributed by atoms with Gasteiger partial charge in [0.2, 0.25) is 0 Å². The normalized spacial score (nSPS) is 26.4. The first-order chi connectivity index (χ1) is 13.7. The predicted octanol–water partition coefficient (Wildman–Crippen LogP) is 5.98. The molecule has 1 aliphatic heterocycles. The van der Waals surface area contributed by atoms with E-state index in [0.29, 0.717) is 17.9 Å². The number of nitrogens with zero attached hydrogens (tertiary/aromatic N) is 1. The van der Waals surface area contributed by atoms with Crippen molar-refractivity contribution >= 4 is 22.9 Å². The number of nitrogens with one attached hydrogen (secondary N) is 1. The van der Waals surface area contributed by atoms with Crippen LogP contribution in [-0.4, -0.2) is 23.9 Å². The molecule has 4 heteroatoms. The monoisotopic (exact) mass is 392 g/mol. The van der Waals surface area contributed by atoms with E-state index in [1.807, 2.05) is 29.4 Å². The number of hydrogen-bond acceptors (Lipinski definition) is 3. The van der Waals surface area contributed by atoms with Gasteiger partial charge in [0, 0.05) is 23.9 Å². The summed E-state index contributed by atoms with van der Waals surface area (Å²) in [6, 6.07) is 11.3. The molecule has 0 radical (unpaired) electrons. The van der Waals surface area contributed by atoms with Crippen LogP contribution in [0, 0.1) is 5.92 Å². The molecule has 1 aromatic heterocycles. The number of anilines is 1. The van der Waals surface area contributed by atoms with Crippen molar-refractivity contribution in [1.82, 2.24) is 4.90 Å². The smallest absolute Gasteiger partial charge is 0.255 e. The molecule has 3 aliphatic rings. The van der Waals surface area contributed by atoms with E-state index < -0.39 is 0 Å². The predicted molar refractivity (Wildman–Crippen MR) is 116 cm³/mol. The summed E-state index contributed by atoms with van der Waals surface area (Å²) >= 11 is 1.81. The minimum atomic E-state index is 0.168. The van der Waals surface area contributed by atoms with Gasteiger partial charge in [-0.15, -0.1) is 11.3 Å². The summed E-state index contributed by atoms with van der Waals surface area (Å²) in [7, 11) is 2.00. The average molecular weight is 393 g/mol. The maximum absolute atomic E-state index is 13.5. The number of thiophene rings is 1. The highest BCUT2D eigenvalue weighted by Crippen LogP contribution is 2.51. The molecular formula is C24H28N2OS. The molecule has 1 N–H and O–H groups in total. The molecule has 3 atom stereocenters. The Morgan fingerprint density at radius 1 is 1.14 bits per heavy atom. The number of carbonyl (C=O) groups is 1. The third-order valence-corrected chi connectivity index (χ3v) is 7.88. The molecule has 3 nitrogen and oxygen atoms in total. The van der Waals surface area contributed by atoms with E-state index in [4.69, 9.17) is 0 Å². The van der Waals surface area contributed by atoms with Crippen molar-refractivity contribution in [3.63, 3.8) is 0 Å². The fraction of sp³-hybridized carbons (Fsp3) is 0.458. The molecular weight excluding hydrogens is 364 g/mol. The highest BCUT2D eigenvalue weighted by molar-refractivity contribution is 7.10. The second kappa shape index (κ2) is 7.40. The molecule has 1 saturated carbocycles. The molecule has 1 amide bonds. The molecule has 0 spiro atoms. The van der Waals surface area contributed by atoms with E-state index >= 15 is 0 Å². The third kappa shape index (κ3) is 2.98. The van der Waals surface area contributed by atoms with Gasteiger partial charge >= 0.3 is 0 Å². The largest absolute Gasteiger partial charge is 0.376 e. The Bertz CT molecular complexity index is 882. The number of carbonyl (C=O) groups excluding carboxylic acids is 1. The molecule has 2 heterocycles. The summed E-state index contributed by atoms with van der Waals surface area (Å²) < 4.78 is 0. The first-order valence-corrected chi connectivity index (χ1v) is 11.5. The van der Waals surface area contributed by atoms with Crippen molar-refractivity contribution in [1.29, 1.82) is 0 Å². The Kier molecular flexibility index (Phi) is 4.75. The fourth-order valence-electron chi connectivity index (χ4n) is 5.37. The van der Waals surface area contributed by atoms with Gasteiger partial charge in [0.1, 0.15) is 0 Å². The molecule has 146 valence electrons. The second-order valence-electron chi connectivity index (χ2n) is 8.47. The van der Waals surface area contributed by atoms with Crippen molar-refractivity contribution in [2.45, 2.75) is 56.5 Å². The van der Waals surface area contributed by atoms with Crippen LogP contribution in [0.25, 0.3) is 0 Å². The lowest BCUT2D eigenvalue weighted by Gasteiger charge is -2.38. The van der Waals surface area contributed by atoms with E-state index in [1.165, 1.54) is 29.7 Å². The third-order valence-electron chi connectivity index (χ3n) is 6.92. The molecule has 0 saturated heterocycles. The summed E-state index contributed by atoms with van der Waals surface area (Å²) in [6.45, 7) is 0. The summed E-state index contributed by atoms with van der Waals surface area (Å²) in [5.41, 5.74) is 3.18. The van der Waals surface area contributed by atoms with Gasteiger partial charge in [0.15, 0.2) is 0 Å². The van der Waals surface area contributed by atoms with Gasteiger partial charge in [-0.3, -0.25) is 4.79 Å². The number of allylic oxidation sites excluding steroid dienone is 2. The van der Waals surface area contributed by atoms with Crippen molar-refractivity contribution in [3.05, 3.63) is 63.9 Å². The molecule has 3 unspecified atom stereocenters. The SMILES string of the molecule is CN(C(=O)c1cccc2c1NC(c1cccs1)C1CC=CC21)C1CCCCC1. The highest BCUT2D eigenvalue weighted by atomic mass is 32.1. The zero-order chi connectivity index (χ0) is 19.1. The average Bonchev–Trinajstić information content (AvgIpc) is 3.44. The van der Waals surface area contributed by atoms with Crippen LogP contribution in [0.3, 0.4) is 0 Å². The summed E-state index contributed by atoms with van der Waals surface area (Å²) in [6.07, 6.45) is 11.8. The van der Waals surface area contributed by atoms with Gasteiger partial charge in [-0.05, 0) is 48.3 Å². The number of hydrogen-bond donors (Lipinski definition) is 1. The first kappa shape index (κ1) is 18.0. The second-order valence-corrected chi connectivity index (χ2v) is 9.45. The summed E-state index contributed by atoms with van der Waals surface area (Å²) in [5, 5.41) is 5.95. The van der Waals surface area contributed by atoms with E-state index in [9.17, 15) is 4.79 Å². The molecule has 2 aliphatic carbocycles. The molecule has 28 heavy (non-hydrogen) atoms. The number of para-hydroxylation sites is 1. The number of rotatable bonds is 3. The maximum Gasteiger partial charge on any atom is 0.255 e. The van der Waals surface area contributed by atoms with Gasteiger partial charge in [0.05, 0.1) is 17.3 Å². The van der Waals surface area contributed by atoms with Crippen LogP contribution in [0.1, 0.15) is 71.3 Å². The van der Waals surface area contributed by atoms with Crippen molar-refractivity contribution in [3.8, 4) is 0 Å². The van der Waals surface area contributed by atoms with Gasteiger partial charge in [-0.2, -0.15) is 0 Å². The van der Waals surface area contributed by atoms with E-state index in [0.717, 1.165) is 30.5 Å². The van der Waals surface area contributed by atoms with Gasteiger partial charge in [0.25, 0.3) is 5.91 Å². The van der Waals surface area contributed by atoms with Gasteiger partial charge in [-0.25, -0.2) is 0 Å². The van der Waals surface area contributed by atoms with E-state index in [1.54, 1.807) is 0 Å². The number of fused-ring (bicyclic) bond motifs is 3. The lowest BCUT2D eigenvalue weighted by Crippen LogP contribution is -2.39. The van der Waals surface area contributed by atoms with Crippen LogP contribution in [0.5, 0.6) is 0 Å². The Morgan fingerprint density at radius 2 is 2.00 bits per heavy atom. The Labute approximate surface area is 171 Å². The Morgan fingerprint density at radius 3 is 2.79 bits per heavy atom. The molecule has 1 fully saturated rings.